The van der Waals surface area contributed by atoms with Crippen molar-refractivity contribution in [2.24, 2.45) is 5.92 Å². The first-order chi connectivity index (χ1) is 6.99. The van der Waals surface area contributed by atoms with Gasteiger partial charge in [-0.25, -0.2) is 0 Å². The molecule has 1 heterocycles. The summed E-state index contributed by atoms with van der Waals surface area (Å²) in [7, 11) is 0. The molecule has 1 atom stereocenters. The van der Waals surface area contributed by atoms with E-state index in [2.05, 4.69) is 0 Å². The molecule has 0 saturated heterocycles. The highest BCUT2D eigenvalue weighted by molar-refractivity contribution is 5.25. The lowest BCUT2D eigenvalue weighted by atomic mass is 10.0. The topological polar surface area (TPSA) is 62.5 Å². The van der Waals surface area contributed by atoms with E-state index in [1.807, 2.05) is 13.8 Å². The molecule has 4 heteroatoms. The summed E-state index contributed by atoms with van der Waals surface area (Å²) in [6.07, 6.45) is 1.61. The molecule has 0 aliphatic heterocycles. The van der Waals surface area contributed by atoms with Gasteiger partial charge in [0.05, 0.1) is 18.3 Å². The Kier molecular flexibility index (Phi) is 3.52. The molecule has 0 bridgehead atoms. The van der Waals surface area contributed by atoms with Gasteiger partial charge in [-0.3, -0.25) is 4.79 Å². The highest BCUT2D eigenvalue weighted by Crippen LogP contribution is 2.21. The number of pyridine rings is 1. The van der Waals surface area contributed by atoms with E-state index >= 15 is 0 Å². The van der Waals surface area contributed by atoms with Crippen LogP contribution in [0, 0.1) is 12.8 Å². The van der Waals surface area contributed by atoms with E-state index in [0.717, 1.165) is 0 Å². The predicted octanol–water partition coefficient (Wildman–Crippen LogP) is 1.05. The largest absolute Gasteiger partial charge is 0.503 e. The van der Waals surface area contributed by atoms with Gasteiger partial charge in [-0.15, -0.1) is 0 Å². The van der Waals surface area contributed by atoms with Crippen LogP contribution in [0.25, 0.3) is 0 Å². The molecule has 4 nitrogen and oxygen atoms in total. The van der Waals surface area contributed by atoms with Crippen molar-refractivity contribution in [3.05, 3.63) is 28.2 Å². The second-order valence-corrected chi connectivity index (χ2v) is 4.02. The fourth-order valence-corrected chi connectivity index (χ4v) is 1.62. The van der Waals surface area contributed by atoms with Gasteiger partial charge in [0.2, 0.25) is 5.43 Å². The SMILES string of the molecule is Cc1c(O)c(=O)ccn1C(CO)C(C)C. The third-order valence-electron chi connectivity index (χ3n) is 2.66. The fourth-order valence-electron chi connectivity index (χ4n) is 1.62. The number of hydrogen-bond donors (Lipinski definition) is 2. The molecule has 0 aromatic carbocycles. The summed E-state index contributed by atoms with van der Waals surface area (Å²) in [5.41, 5.74) is 0.111. The van der Waals surface area contributed by atoms with Crippen molar-refractivity contribution in [2.45, 2.75) is 26.8 Å². The Balaban J connectivity index is 3.25. The summed E-state index contributed by atoms with van der Waals surface area (Å²) in [6.45, 7) is 5.62. The van der Waals surface area contributed by atoms with Crippen LogP contribution in [-0.2, 0) is 0 Å². The molecule has 0 spiro atoms. The number of rotatable bonds is 3. The van der Waals surface area contributed by atoms with Crippen LogP contribution >= 0.6 is 0 Å². The van der Waals surface area contributed by atoms with Gasteiger partial charge < -0.3 is 14.8 Å². The van der Waals surface area contributed by atoms with Crippen LogP contribution in [0.3, 0.4) is 0 Å². The standard InChI is InChI=1S/C11H17NO3/c1-7(2)9(6-13)12-5-4-10(14)11(15)8(12)3/h4-5,7,9,13,15H,6H2,1-3H3. The van der Waals surface area contributed by atoms with Crippen LogP contribution in [-0.4, -0.2) is 21.4 Å². The Labute approximate surface area is 88.8 Å². The maximum Gasteiger partial charge on any atom is 0.223 e. The molecule has 0 aliphatic carbocycles. The summed E-state index contributed by atoms with van der Waals surface area (Å²) < 4.78 is 1.74. The molecule has 1 rings (SSSR count). The van der Waals surface area contributed by atoms with E-state index in [-0.39, 0.29) is 29.7 Å². The summed E-state index contributed by atoms with van der Waals surface area (Å²) in [5, 5.41) is 18.8. The molecule has 84 valence electrons. The van der Waals surface area contributed by atoms with Gasteiger partial charge in [-0.1, -0.05) is 13.8 Å². The Morgan fingerprint density at radius 3 is 2.53 bits per heavy atom. The van der Waals surface area contributed by atoms with Crippen LogP contribution in [0.15, 0.2) is 17.1 Å². The maximum absolute atomic E-state index is 11.1. The lowest BCUT2D eigenvalue weighted by Gasteiger charge is -2.24. The summed E-state index contributed by atoms with van der Waals surface area (Å²) in [5.74, 6) is -0.00722. The third-order valence-corrected chi connectivity index (χ3v) is 2.66. The van der Waals surface area contributed by atoms with Crippen LogP contribution in [0.4, 0.5) is 0 Å². The Bertz CT molecular complexity index is 395. The molecule has 0 saturated carbocycles. The highest BCUT2D eigenvalue weighted by atomic mass is 16.3. The van der Waals surface area contributed by atoms with Crippen LogP contribution in [0.2, 0.25) is 0 Å². The first-order valence-electron chi connectivity index (χ1n) is 5.00. The number of aromatic nitrogens is 1. The van der Waals surface area contributed by atoms with Crippen molar-refractivity contribution in [1.29, 1.82) is 0 Å². The molecule has 0 radical (unpaired) electrons. The maximum atomic E-state index is 11.1. The number of aliphatic hydroxyl groups excluding tert-OH is 1. The van der Waals surface area contributed by atoms with E-state index in [1.54, 1.807) is 17.7 Å². The fraction of sp³-hybridized carbons (Fsp3) is 0.545. The van der Waals surface area contributed by atoms with Crippen molar-refractivity contribution in [2.75, 3.05) is 6.61 Å². The number of aliphatic hydroxyl groups is 1. The molecule has 0 fully saturated rings. The predicted molar refractivity (Wildman–Crippen MR) is 58.1 cm³/mol. The van der Waals surface area contributed by atoms with E-state index in [9.17, 15) is 15.0 Å². The molecule has 1 unspecified atom stereocenters. The van der Waals surface area contributed by atoms with Gasteiger partial charge in [0.25, 0.3) is 0 Å². The molecule has 1 aromatic heterocycles. The zero-order valence-corrected chi connectivity index (χ0v) is 9.27. The number of hydrogen-bond acceptors (Lipinski definition) is 3. The van der Waals surface area contributed by atoms with Crippen LogP contribution < -0.4 is 5.43 Å². The number of aromatic hydroxyl groups is 1. The minimum Gasteiger partial charge on any atom is -0.503 e. The molecule has 1 aromatic rings. The van der Waals surface area contributed by atoms with Gasteiger partial charge in [0, 0.05) is 12.3 Å². The smallest absolute Gasteiger partial charge is 0.223 e. The van der Waals surface area contributed by atoms with Crippen LogP contribution in [0.5, 0.6) is 5.75 Å². The Morgan fingerprint density at radius 2 is 2.07 bits per heavy atom. The molecule has 15 heavy (non-hydrogen) atoms. The first kappa shape index (κ1) is 11.8. The van der Waals surface area contributed by atoms with Gasteiger partial charge in [0.15, 0.2) is 5.75 Å². The third kappa shape index (κ3) is 2.21. The van der Waals surface area contributed by atoms with Crippen molar-refractivity contribution in [3.63, 3.8) is 0 Å². The Hall–Kier alpha value is -1.29. The molecular weight excluding hydrogens is 194 g/mol. The molecule has 0 aliphatic rings. The molecule has 2 N–H and O–H groups in total. The second kappa shape index (κ2) is 4.49. The van der Waals surface area contributed by atoms with Gasteiger partial charge in [-0.05, 0) is 12.8 Å². The lowest BCUT2D eigenvalue weighted by molar-refractivity contribution is 0.189. The zero-order chi connectivity index (χ0) is 11.6. The van der Waals surface area contributed by atoms with E-state index < -0.39 is 0 Å². The quantitative estimate of drug-likeness (QED) is 0.785. The lowest BCUT2D eigenvalue weighted by Crippen LogP contribution is -2.22. The van der Waals surface area contributed by atoms with E-state index in [1.165, 1.54) is 6.07 Å². The Morgan fingerprint density at radius 1 is 1.47 bits per heavy atom. The minimum atomic E-state index is -0.385. The van der Waals surface area contributed by atoms with Crippen molar-refractivity contribution >= 4 is 0 Å². The number of nitrogens with zero attached hydrogens (tertiary/aromatic N) is 1. The van der Waals surface area contributed by atoms with Gasteiger partial charge >= 0.3 is 0 Å². The van der Waals surface area contributed by atoms with Crippen molar-refractivity contribution < 1.29 is 10.2 Å². The average Bonchev–Trinajstić information content (AvgIpc) is 2.18. The van der Waals surface area contributed by atoms with Crippen molar-refractivity contribution in [1.82, 2.24) is 4.57 Å². The minimum absolute atomic E-state index is 0.0131. The second-order valence-electron chi connectivity index (χ2n) is 4.02. The molecular formula is C11H17NO3. The highest BCUT2D eigenvalue weighted by Gasteiger charge is 2.17. The van der Waals surface area contributed by atoms with Crippen LogP contribution in [0.1, 0.15) is 25.6 Å². The monoisotopic (exact) mass is 211 g/mol. The normalized spacial score (nSPS) is 13.1. The zero-order valence-electron chi connectivity index (χ0n) is 9.27. The van der Waals surface area contributed by atoms with Gasteiger partial charge in [-0.2, -0.15) is 0 Å². The first-order valence-corrected chi connectivity index (χ1v) is 5.00. The summed E-state index contributed by atoms with van der Waals surface area (Å²) in [4.78, 5) is 11.1. The van der Waals surface area contributed by atoms with Gasteiger partial charge in [0.1, 0.15) is 0 Å². The van der Waals surface area contributed by atoms with E-state index in [0.29, 0.717) is 5.69 Å². The summed E-state index contributed by atoms with van der Waals surface area (Å²) >= 11 is 0. The van der Waals surface area contributed by atoms with Crippen molar-refractivity contribution in [3.8, 4) is 5.75 Å². The molecule has 0 amide bonds. The average molecular weight is 211 g/mol. The summed E-state index contributed by atoms with van der Waals surface area (Å²) in [6, 6.07) is 1.20. The van der Waals surface area contributed by atoms with E-state index in [4.69, 9.17) is 0 Å².